The molecule has 5 rings (SSSR count). The van der Waals surface area contributed by atoms with Crippen LogP contribution in [0.4, 0.5) is 0 Å². The average molecular weight is 609 g/mol. The van der Waals surface area contributed by atoms with E-state index in [0.29, 0.717) is 12.8 Å². The number of aryl methyl sites for hydroxylation is 3. The second kappa shape index (κ2) is 9.42. The molecular formula is C30H33IN4O2. The zero-order chi connectivity index (χ0) is 26.6. The molecule has 0 unspecified atom stereocenters. The van der Waals surface area contributed by atoms with Crippen LogP contribution >= 0.6 is 22.6 Å². The van der Waals surface area contributed by atoms with Gasteiger partial charge < -0.3 is 14.7 Å². The minimum atomic E-state index is -0.212. The van der Waals surface area contributed by atoms with Gasteiger partial charge in [-0.25, -0.2) is 4.98 Å². The fourth-order valence-corrected chi connectivity index (χ4v) is 5.97. The molecule has 0 saturated heterocycles. The zero-order valence-corrected chi connectivity index (χ0v) is 24.7. The first-order valence-electron chi connectivity index (χ1n) is 12.6. The van der Waals surface area contributed by atoms with Gasteiger partial charge in [-0.05, 0) is 109 Å². The Balaban J connectivity index is 1.89. The largest absolute Gasteiger partial charge is 0.469 e. The molecule has 2 aliphatic heterocycles. The number of nitrogens with zero attached hydrogens (tertiary/aromatic N) is 2. The number of hydrogen-bond donors (Lipinski definition) is 2. The molecule has 2 N–H and O–H groups in total. The second-order valence-electron chi connectivity index (χ2n) is 10.8. The molecule has 192 valence electrons. The summed E-state index contributed by atoms with van der Waals surface area (Å²) in [5.74, 6) is -0.212. The van der Waals surface area contributed by atoms with E-state index in [1.165, 1.54) is 23.8 Å². The Hall–Kier alpha value is -2.94. The summed E-state index contributed by atoms with van der Waals surface area (Å²) in [6, 6.07) is 8.63. The third kappa shape index (κ3) is 4.62. The number of carbonyl (C=O) groups is 1. The Morgan fingerprint density at radius 3 is 2.16 bits per heavy atom. The van der Waals surface area contributed by atoms with E-state index in [4.69, 9.17) is 14.7 Å². The number of carbonyl (C=O) groups excluding carboxylic acids is 1. The van der Waals surface area contributed by atoms with Crippen molar-refractivity contribution in [2.45, 2.75) is 66.2 Å². The van der Waals surface area contributed by atoms with Gasteiger partial charge in [0.2, 0.25) is 0 Å². The number of rotatable bonds is 3. The van der Waals surface area contributed by atoms with Crippen molar-refractivity contribution in [3.05, 3.63) is 67.3 Å². The molecule has 0 aliphatic carbocycles. The van der Waals surface area contributed by atoms with Gasteiger partial charge in [0.1, 0.15) is 0 Å². The van der Waals surface area contributed by atoms with E-state index >= 15 is 0 Å². The van der Waals surface area contributed by atoms with Crippen LogP contribution in [0.15, 0.2) is 24.3 Å². The van der Waals surface area contributed by atoms with Crippen molar-refractivity contribution >= 4 is 61.8 Å². The lowest BCUT2D eigenvalue weighted by Gasteiger charge is -2.15. The monoisotopic (exact) mass is 608 g/mol. The molecule has 0 radical (unpaired) electrons. The third-order valence-corrected chi connectivity index (χ3v) is 9.08. The second-order valence-corrected chi connectivity index (χ2v) is 11.9. The van der Waals surface area contributed by atoms with Crippen molar-refractivity contribution in [3.8, 4) is 0 Å². The Kier molecular flexibility index (Phi) is 6.54. The molecule has 6 nitrogen and oxygen atoms in total. The molecule has 3 aromatic heterocycles. The Labute approximate surface area is 231 Å². The summed E-state index contributed by atoms with van der Waals surface area (Å²) in [6.07, 6.45) is 1.77. The molecule has 0 amide bonds. The lowest BCUT2D eigenvalue weighted by molar-refractivity contribution is -0.140. The summed E-state index contributed by atoms with van der Waals surface area (Å²) < 4.78 is 6.02. The average Bonchev–Trinajstić information content (AvgIpc) is 3.48. The maximum Gasteiger partial charge on any atom is 0.305 e. The van der Waals surface area contributed by atoms with Crippen LogP contribution in [0.2, 0.25) is 0 Å². The normalized spacial score (nSPS) is 14.8. The number of nitrogens with one attached hydrogen (secondary N) is 2. The first-order valence-corrected chi connectivity index (χ1v) is 13.7. The molecule has 0 aromatic carbocycles. The van der Waals surface area contributed by atoms with E-state index in [9.17, 15) is 4.79 Å². The Morgan fingerprint density at radius 1 is 0.919 bits per heavy atom. The number of methoxy groups -OCH3 is 1. The number of allylic oxidation sites excluding steroid dienone is 2. The van der Waals surface area contributed by atoms with E-state index in [2.05, 4.69) is 98.4 Å². The van der Waals surface area contributed by atoms with Gasteiger partial charge in [0, 0.05) is 49.8 Å². The zero-order valence-electron chi connectivity index (χ0n) is 22.5. The lowest BCUT2D eigenvalue weighted by Crippen LogP contribution is -2.15. The predicted octanol–water partition coefficient (Wildman–Crippen LogP) is 7.11. The summed E-state index contributed by atoms with van der Waals surface area (Å²) in [7, 11) is 1.43. The molecule has 5 heterocycles. The number of ether oxygens (including phenoxy) is 1. The van der Waals surface area contributed by atoms with Crippen LogP contribution in [0.1, 0.15) is 73.6 Å². The topological polar surface area (TPSA) is 83.7 Å². The van der Waals surface area contributed by atoms with Gasteiger partial charge in [-0.2, -0.15) is 0 Å². The maximum atomic E-state index is 12.0. The molecule has 2 aliphatic rings. The molecule has 0 saturated carbocycles. The van der Waals surface area contributed by atoms with Gasteiger partial charge in [0.15, 0.2) is 0 Å². The molecule has 7 heteroatoms. The van der Waals surface area contributed by atoms with E-state index in [0.717, 1.165) is 66.0 Å². The number of halogens is 1. The van der Waals surface area contributed by atoms with Gasteiger partial charge in [-0.3, -0.25) is 9.78 Å². The number of H-pyrrole nitrogens is 2. The summed E-state index contributed by atoms with van der Waals surface area (Å²) in [4.78, 5) is 29.4. The fourth-order valence-electron chi connectivity index (χ4n) is 5.12. The number of fused-ring (bicyclic) bond motifs is 8. The number of hydrogen-bond acceptors (Lipinski definition) is 4. The van der Waals surface area contributed by atoms with E-state index in [1.54, 1.807) is 0 Å². The highest BCUT2D eigenvalue weighted by molar-refractivity contribution is 14.1. The number of esters is 1. The van der Waals surface area contributed by atoms with Crippen LogP contribution in [0.25, 0.3) is 33.2 Å². The fraction of sp³-hybridized carbons (Fsp3) is 0.367. The quantitative estimate of drug-likeness (QED) is 0.245. The van der Waals surface area contributed by atoms with Crippen LogP contribution in [-0.4, -0.2) is 33.0 Å². The highest BCUT2D eigenvalue weighted by atomic mass is 127. The van der Waals surface area contributed by atoms with E-state index < -0.39 is 0 Å². The molecule has 3 aromatic rings. The van der Waals surface area contributed by atoms with E-state index in [-0.39, 0.29) is 11.4 Å². The molecule has 8 bridgehead atoms. The van der Waals surface area contributed by atoms with Crippen LogP contribution in [0, 0.1) is 17.4 Å². The Bertz CT molecular complexity index is 1640. The minimum absolute atomic E-state index is 0.111. The highest BCUT2D eigenvalue weighted by Gasteiger charge is 2.29. The smallest absolute Gasteiger partial charge is 0.305 e. The summed E-state index contributed by atoms with van der Waals surface area (Å²) >= 11 is 2.38. The summed E-state index contributed by atoms with van der Waals surface area (Å²) in [5, 5.41) is 0. The number of aromatic nitrogens is 4. The van der Waals surface area contributed by atoms with Gasteiger partial charge in [-0.1, -0.05) is 13.8 Å². The van der Waals surface area contributed by atoms with Crippen molar-refractivity contribution < 1.29 is 9.53 Å². The standard InChI is InChI=1S/C30H33IN4O2/c1-15-16(2)22-11-23-17(3)18(4)24(34-23)12-26-29(31)20(8-9-28(36)37-7)25(35-26)13-27-30(5,6)14-19(32-27)10-21(15)33-22/h10-13,33,35H,8-9,14H2,1-7H3. The minimum Gasteiger partial charge on any atom is -0.469 e. The van der Waals surface area contributed by atoms with E-state index in [1.807, 2.05) is 0 Å². The molecule has 0 fully saturated rings. The SMILES string of the molecule is COC(=O)CCc1c(I)c2cc3nc(cc4[nH]c(cc5nc(cc1[nH]2)C(C)(C)C5)c(C)c4C)C(C)=C3C. The maximum absolute atomic E-state index is 12.0. The molecular weight excluding hydrogens is 575 g/mol. The first kappa shape index (κ1) is 25.7. The lowest BCUT2D eigenvalue weighted by atomic mass is 9.87. The van der Waals surface area contributed by atoms with Crippen molar-refractivity contribution in [2.75, 3.05) is 7.11 Å². The first-order chi connectivity index (χ1) is 17.5. The van der Waals surface area contributed by atoms with Gasteiger partial charge in [0.25, 0.3) is 0 Å². The van der Waals surface area contributed by atoms with Crippen molar-refractivity contribution in [3.63, 3.8) is 0 Å². The van der Waals surface area contributed by atoms with Crippen molar-refractivity contribution in [1.29, 1.82) is 0 Å². The van der Waals surface area contributed by atoms with Crippen molar-refractivity contribution in [1.82, 2.24) is 19.9 Å². The molecule has 0 spiro atoms. The Morgan fingerprint density at radius 2 is 1.51 bits per heavy atom. The summed E-state index contributed by atoms with van der Waals surface area (Å²) in [6.45, 7) is 13.0. The highest BCUT2D eigenvalue weighted by Crippen LogP contribution is 2.35. The van der Waals surface area contributed by atoms with Crippen LogP contribution < -0.4 is 0 Å². The van der Waals surface area contributed by atoms with Crippen LogP contribution in [-0.2, 0) is 27.8 Å². The molecule has 37 heavy (non-hydrogen) atoms. The van der Waals surface area contributed by atoms with Crippen LogP contribution in [0.3, 0.4) is 0 Å². The van der Waals surface area contributed by atoms with Gasteiger partial charge >= 0.3 is 5.97 Å². The molecule has 0 atom stereocenters. The van der Waals surface area contributed by atoms with Crippen LogP contribution in [0.5, 0.6) is 0 Å². The third-order valence-electron chi connectivity index (χ3n) is 7.85. The van der Waals surface area contributed by atoms with Crippen molar-refractivity contribution in [2.24, 2.45) is 0 Å². The predicted molar refractivity (Wildman–Crippen MR) is 158 cm³/mol. The summed E-state index contributed by atoms with van der Waals surface area (Å²) in [5.41, 5.74) is 14.0. The van der Waals surface area contributed by atoms with Gasteiger partial charge in [0.05, 0.1) is 24.0 Å². The van der Waals surface area contributed by atoms with Gasteiger partial charge in [-0.15, -0.1) is 0 Å². The number of aromatic amines is 2.